The van der Waals surface area contributed by atoms with Crippen molar-refractivity contribution < 1.29 is 19.1 Å². The van der Waals surface area contributed by atoms with Crippen LogP contribution in [0.25, 0.3) is 0 Å². The average molecular weight is 483 g/mol. The Hall–Kier alpha value is -3.40. The predicted molar refractivity (Wildman–Crippen MR) is 141 cm³/mol. The standard InChI is InChI=1S/C32H34O4/c33-31(23-11-3-1-4-12-23)35-20-10-9-16-26-21-25-15-7-8-17-28(25)30-27(18-19-29(26)30)22-36-32(34)24-13-5-2-6-14-24/h1-6,11-14,21,27H,7-10,15-20,22H2. The number of rotatable bonds is 9. The lowest BCUT2D eigenvalue weighted by Gasteiger charge is -2.25. The molecule has 4 nitrogen and oxygen atoms in total. The fourth-order valence-electron chi connectivity index (χ4n) is 5.76. The van der Waals surface area contributed by atoms with Crippen molar-refractivity contribution in [3.63, 3.8) is 0 Å². The van der Waals surface area contributed by atoms with Crippen molar-refractivity contribution in [1.82, 2.24) is 0 Å². The number of carbonyl (C=O) groups excluding carboxylic acids is 2. The van der Waals surface area contributed by atoms with Gasteiger partial charge in [-0.1, -0.05) is 42.5 Å². The first-order chi connectivity index (χ1) is 17.7. The Morgan fingerprint density at radius 2 is 1.42 bits per heavy atom. The molecular formula is C32H34O4. The summed E-state index contributed by atoms with van der Waals surface area (Å²) >= 11 is 0. The smallest absolute Gasteiger partial charge is 0.338 e. The number of carbonyl (C=O) groups is 2. The molecule has 1 unspecified atom stereocenters. The minimum Gasteiger partial charge on any atom is -0.462 e. The molecule has 0 heterocycles. The van der Waals surface area contributed by atoms with E-state index in [2.05, 4.69) is 6.07 Å². The maximum Gasteiger partial charge on any atom is 0.338 e. The van der Waals surface area contributed by atoms with Gasteiger partial charge in [-0.05, 0) is 110 Å². The van der Waals surface area contributed by atoms with Gasteiger partial charge in [0.1, 0.15) is 0 Å². The molecule has 186 valence electrons. The molecule has 2 aliphatic carbocycles. The van der Waals surface area contributed by atoms with Gasteiger partial charge >= 0.3 is 11.9 Å². The Balaban J connectivity index is 1.22. The van der Waals surface area contributed by atoms with Crippen molar-refractivity contribution in [1.29, 1.82) is 0 Å². The molecule has 4 heteroatoms. The first kappa shape index (κ1) is 24.3. The van der Waals surface area contributed by atoms with Crippen molar-refractivity contribution >= 4 is 11.9 Å². The molecule has 1 atom stereocenters. The zero-order valence-corrected chi connectivity index (χ0v) is 20.8. The molecule has 0 aliphatic heterocycles. The van der Waals surface area contributed by atoms with Crippen molar-refractivity contribution in [2.24, 2.45) is 0 Å². The highest BCUT2D eigenvalue weighted by Gasteiger charge is 2.31. The summed E-state index contributed by atoms with van der Waals surface area (Å²) in [5, 5.41) is 0. The summed E-state index contributed by atoms with van der Waals surface area (Å²) in [6.07, 6.45) is 9.68. The van der Waals surface area contributed by atoms with Crippen molar-refractivity contribution in [2.45, 2.75) is 63.7 Å². The molecule has 0 aromatic heterocycles. The quantitative estimate of drug-likeness (QED) is 0.254. The number of unbranched alkanes of at least 4 members (excludes halogenated alkanes) is 1. The summed E-state index contributed by atoms with van der Waals surface area (Å²) in [5.41, 5.74) is 8.62. The maximum absolute atomic E-state index is 12.6. The second kappa shape index (κ2) is 11.6. The summed E-state index contributed by atoms with van der Waals surface area (Å²) < 4.78 is 11.3. The van der Waals surface area contributed by atoms with E-state index < -0.39 is 0 Å². The molecule has 0 fully saturated rings. The molecule has 0 saturated heterocycles. The van der Waals surface area contributed by atoms with Crippen LogP contribution in [0, 0.1) is 0 Å². The monoisotopic (exact) mass is 482 g/mol. The molecule has 0 amide bonds. The summed E-state index contributed by atoms with van der Waals surface area (Å²) in [5.74, 6) is -0.205. The van der Waals surface area contributed by atoms with Crippen LogP contribution in [0.15, 0.2) is 66.7 Å². The highest BCUT2D eigenvalue weighted by Crippen LogP contribution is 2.42. The minimum atomic E-state index is -0.252. The van der Waals surface area contributed by atoms with E-state index in [1.807, 2.05) is 48.5 Å². The zero-order valence-electron chi connectivity index (χ0n) is 20.8. The second-order valence-corrected chi connectivity index (χ2v) is 9.93. The summed E-state index contributed by atoms with van der Waals surface area (Å²) in [6, 6.07) is 20.9. The number of aryl methyl sites for hydroxylation is 2. The molecule has 0 radical (unpaired) electrons. The number of fused-ring (bicyclic) bond motifs is 3. The van der Waals surface area contributed by atoms with Crippen LogP contribution in [0.3, 0.4) is 0 Å². The number of benzene rings is 3. The van der Waals surface area contributed by atoms with Gasteiger partial charge < -0.3 is 9.47 Å². The van der Waals surface area contributed by atoms with Gasteiger partial charge in [0, 0.05) is 5.92 Å². The van der Waals surface area contributed by atoms with E-state index >= 15 is 0 Å². The lowest BCUT2D eigenvalue weighted by Crippen LogP contribution is -2.15. The zero-order chi connectivity index (χ0) is 24.7. The Bertz CT molecular complexity index is 1200. The van der Waals surface area contributed by atoms with Crippen LogP contribution < -0.4 is 0 Å². The summed E-state index contributed by atoms with van der Waals surface area (Å²) in [6.45, 7) is 0.894. The third-order valence-corrected chi connectivity index (χ3v) is 7.56. The number of ether oxygens (including phenoxy) is 2. The lowest BCUT2D eigenvalue weighted by molar-refractivity contribution is 0.0475. The van der Waals surface area contributed by atoms with Crippen LogP contribution in [0.1, 0.15) is 86.6 Å². The van der Waals surface area contributed by atoms with Crippen molar-refractivity contribution in [3.05, 3.63) is 106 Å². The van der Waals surface area contributed by atoms with Gasteiger partial charge in [0.25, 0.3) is 0 Å². The van der Waals surface area contributed by atoms with Gasteiger partial charge in [-0.3, -0.25) is 0 Å². The third kappa shape index (κ3) is 5.53. The normalized spacial score (nSPS) is 16.2. The fourth-order valence-corrected chi connectivity index (χ4v) is 5.76. The highest BCUT2D eigenvalue weighted by atomic mass is 16.5. The second-order valence-electron chi connectivity index (χ2n) is 9.93. The molecular weight excluding hydrogens is 448 g/mol. The highest BCUT2D eigenvalue weighted by molar-refractivity contribution is 5.89. The Morgan fingerprint density at radius 1 is 0.750 bits per heavy atom. The van der Waals surface area contributed by atoms with Gasteiger partial charge in [-0.2, -0.15) is 0 Å². The van der Waals surface area contributed by atoms with Crippen LogP contribution in [-0.2, 0) is 35.2 Å². The summed E-state index contributed by atoms with van der Waals surface area (Å²) in [7, 11) is 0. The van der Waals surface area contributed by atoms with Crippen molar-refractivity contribution in [2.75, 3.05) is 13.2 Å². The fraction of sp³-hybridized carbons (Fsp3) is 0.375. The Kier molecular flexibility index (Phi) is 7.80. The molecule has 0 spiro atoms. The lowest BCUT2D eigenvalue weighted by atomic mass is 9.81. The molecule has 0 bridgehead atoms. The molecule has 0 saturated carbocycles. The predicted octanol–water partition coefficient (Wildman–Crippen LogP) is 6.63. The molecule has 2 aliphatic rings. The van der Waals surface area contributed by atoms with E-state index in [0.29, 0.717) is 24.3 Å². The summed E-state index contributed by atoms with van der Waals surface area (Å²) in [4.78, 5) is 24.7. The third-order valence-electron chi connectivity index (χ3n) is 7.56. The number of hydrogen-bond acceptors (Lipinski definition) is 4. The molecule has 5 rings (SSSR count). The van der Waals surface area contributed by atoms with Crippen molar-refractivity contribution in [3.8, 4) is 0 Å². The first-order valence-electron chi connectivity index (χ1n) is 13.3. The van der Waals surface area contributed by atoms with Gasteiger partial charge in [0.05, 0.1) is 24.3 Å². The van der Waals surface area contributed by atoms with E-state index in [1.165, 1.54) is 40.7 Å². The van der Waals surface area contributed by atoms with Gasteiger partial charge in [0.15, 0.2) is 0 Å². The van der Waals surface area contributed by atoms with Gasteiger partial charge in [0.2, 0.25) is 0 Å². The largest absolute Gasteiger partial charge is 0.462 e. The van der Waals surface area contributed by atoms with Crippen LogP contribution in [-0.4, -0.2) is 25.2 Å². The van der Waals surface area contributed by atoms with Crippen LogP contribution in [0.4, 0.5) is 0 Å². The minimum absolute atomic E-state index is 0.237. The van der Waals surface area contributed by atoms with E-state index in [1.54, 1.807) is 12.1 Å². The molecule has 3 aromatic carbocycles. The van der Waals surface area contributed by atoms with E-state index in [4.69, 9.17) is 9.47 Å². The number of esters is 2. The Morgan fingerprint density at radius 3 is 2.14 bits per heavy atom. The van der Waals surface area contributed by atoms with E-state index in [9.17, 15) is 9.59 Å². The first-order valence-corrected chi connectivity index (χ1v) is 13.3. The van der Waals surface area contributed by atoms with E-state index in [-0.39, 0.29) is 17.9 Å². The van der Waals surface area contributed by atoms with Gasteiger partial charge in [-0.25, -0.2) is 9.59 Å². The maximum atomic E-state index is 12.6. The molecule has 0 N–H and O–H groups in total. The SMILES string of the molecule is O=C(OCCCCc1cc2c(c3c1CCC3COC(=O)c1ccccc1)CCCC2)c1ccccc1. The van der Waals surface area contributed by atoms with Crippen LogP contribution in [0.2, 0.25) is 0 Å². The van der Waals surface area contributed by atoms with E-state index in [0.717, 1.165) is 44.9 Å². The van der Waals surface area contributed by atoms with Gasteiger partial charge in [-0.15, -0.1) is 0 Å². The Labute approximate surface area is 213 Å². The number of hydrogen-bond donors (Lipinski definition) is 0. The topological polar surface area (TPSA) is 52.6 Å². The average Bonchev–Trinajstić information content (AvgIpc) is 3.37. The molecule has 3 aromatic rings. The van der Waals surface area contributed by atoms with Crippen LogP contribution >= 0.6 is 0 Å². The van der Waals surface area contributed by atoms with Crippen LogP contribution in [0.5, 0.6) is 0 Å². The molecule has 36 heavy (non-hydrogen) atoms.